The molecule has 3 atom stereocenters. The summed E-state index contributed by atoms with van der Waals surface area (Å²) in [7, 11) is 4.16. The molecule has 0 heterocycles. The van der Waals surface area contributed by atoms with E-state index in [1.54, 1.807) is 5.57 Å². The lowest BCUT2D eigenvalue weighted by molar-refractivity contribution is -0.141. The first kappa shape index (κ1) is 17.7. The standard InChI is InChI=1S/C22H33NO/c1-20(2)17-10-15-22(13-8-16-23(4)5)12-7-6-9-18(22)21(17,3)14-11-19(20)24/h9,17H,6-7,10-12,14-16H2,1-5H3/t17?,21?,22-/m0/s1. The van der Waals surface area contributed by atoms with Gasteiger partial charge in [-0.2, -0.15) is 0 Å². The molecule has 0 amide bonds. The van der Waals surface area contributed by atoms with Crippen molar-refractivity contribution in [2.45, 2.75) is 65.7 Å². The Hall–Kier alpha value is -1.07. The molecule has 2 saturated carbocycles. The van der Waals surface area contributed by atoms with E-state index < -0.39 is 0 Å². The fraction of sp³-hybridized carbons (Fsp3) is 0.773. The molecule has 2 fully saturated rings. The van der Waals surface area contributed by atoms with Crippen molar-refractivity contribution in [3.05, 3.63) is 11.6 Å². The van der Waals surface area contributed by atoms with Gasteiger partial charge in [0.2, 0.25) is 0 Å². The molecule has 2 unspecified atom stereocenters. The van der Waals surface area contributed by atoms with Gasteiger partial charge >= 0.3 is 0 Å². The van der Waals surface area contributed by atoms with Crippen molar-refractivity contribution in [2.75, 3.05) is 20.6 Å². The maximum Gasteiger partial charge on any atom is 0.138 e. The van der Waals surface area contributed by atoms with Crippen LogP contribution in [-0.4, -0.2) is 31.3 Å². The predicted octanol–water partition coefficient (Wildman–Crippen LogP) is 4.45. The molecule has 132 valence electrons. The summed E-state index contributed by atoms with van der Waals surface area (Å²) in [6, 6.07) is 0. The highest BCUT2D eigenvalue weighted by atomic mass is 16.1. The van der Waals surface area contributed by atoms with Crippen molar-refractivity contribution in [3.8, 4) is 11.8 Å². The van der Waals surface area contributed by atoms with E-state index in [9.17, 15) is 4.79 Å². The van der Waals surface area contributed by atoms with Crippen LogP contribution in [0, 0.1) is 34.0 Å². The van der Waals surface area contributed by atoms with Crippen LogP contribution in [0.4, 0.5) is 0 Å². The van der Waals surface area contributed by atoms with Crippen molar-refractivity contribution in [1.82, 2.24) is 4.90 Å². The lowest BCUT2D eigenvalue weighted by atomic mass is 9.44. The highest BCUT2D eigenvalue weighted by molar-refractivity contribution is 5.85. The van der Waals surface area contributed by atoms with E-state index in [1.807, 2.05) is 0 Å². The maximum absolute atomic E-state index is 12.5. The first-order valence-corrected chi connectivity index (χ1v) is 9.62. The van der Waals surface area contributed by atoms with Gasteiger partial charge in [0, 0.05) is 11.8 Å². The highest BCUT2D eigenvalue weighted by Crippen LogP contribution is 2.65. The average Bonchev–Trinajstić information content (AvgIpc) is 2.51. The quantitative estimate of drug-likeness (QED) is 0.524. The van der Waals surface area contributed by atoms with E-state index in [1.165, 1.54) is 19.3 Å². The van der Waals surface area contributed by atoms with Crippen molar-refractivity contribution in [2.24, 2.45) is 22.2 Å². The number of carbonyl (C=O) groups is 1. The summed E-state index contributed by atoms with van der Waals surface area (Å²) >= 11 is 0. The molecule has 0 aromatic carbocycles. The van der Waals surface area contributed by atoms with Gasteiger partial charge in [-0.05, 0) is 69.5 Å². The predicted molar refractivity (Wildman–Crippen MR) is 99.6 cm³/mol. The van der Waals surface area contributed by atoms with Crippen LogP contribution in [0.5, 0.6) is 0 Å². The molecule has 3 aliphatic carbocycles. The number of ketones is 1. The third-order valence-corrected chi connectivity index (χ3v) is 7.10. The Bertz CT molecular complexity index is 618. The van der Waals surface area contributed by atoms with Gasteiger partial charge in [0.05, 0.1) is 12.0 Å². The van der Waals surface area contributed by atoms with Gasteiger partial charge in [0.1, 0.15) is 5.78 Å². The van der Waals surface area contributed by atoms with E-state index >= 15 is 0 Å². The number of nitrogens with zero attached hydrogens (tertiary/aromatic N) is 1. The van der Waals surface area contributed by atoms with Gasteiger partial charge in [-0.3, -0.25) is 9.69 Å². The molecule has 0 aromatic rings. The Morgan fingerprint density at radius 3 is 2.67 bits per heavy atom. The fourth-order valence-electron chi connectivity index (χ4n) is 5.83. The zero-order valence-electron chi connectivity index (χ0n) is 16.2. The number of hydrogen-bond donors (Lipinski definition) is 0. The molecular weight excluding hydrogens is 294 g/mol. The second-order valence-electron chi connectivity index (χ2n) is 9.29. The van der Waals surface area contributed by atoms with Gasteiger partial charge in [0.15, 0.2) is 0 Å². The van der Waals surface area contributed by atoms with Crippen molar-refractivity contribution in [3.63, 3.8) is 0 Å². The second-order valence-corrected chi connectivity index (χ2v) is 9.29. The Balaban J connectivity index is 2.01. The molecule has 0 spiro atoms. The summed E-state index contributed by atoms with van der Waals surface area (Å²) in [4.78, 5) is 14.7. The van der Waals surface area contributed by atoms with E-state index in [0.717, 1.165) is 32.2 Å². The molecule has 0 N–H and O–H groups in total. The lowest BCUT2D eigenvalue weighted by Crippen LogP contribution is -2.54. The number of rotatable bonds is 1. The largest absolute Gasteiger partial charge is 0.299 e. The molecule has 0 aromatic heterocycles. The Morgan fingerprint density at radius 1 is 1.21 bits per heavy atom. The van der Waals surface area contributed by atoms with Crippen molar-refractivity contribution < 1.29 is 4.79 Å². The van der Waals surface area contributed by atoms with Gasteiger partial charge in [0.25, 0.3) is 0 Å². The Morgan fingerprint density at radius 2 is 1.96 bits per heavy atom. The van der Waals surface area contributed by atoms with Crippen molar-refractivity contribution in [1.29, 1.82) is 0 Å². The third kappa shape index (κ3) is 2.66. The molecule has 3 aliphatic rings. The second kappa shape index (κ2) is 6.03. The van der Waals surface area contributed by atoms with Crippen LogP contribution in [0.2, 0.25) is 0 Å². The van der Waals surface area contributed by atoms with E-state index in [0.29, 0.717) is 11.7 Å². The van der Waals surface area contributed by atoms with Gasteiger partial charge in [-0.25, -0.2) is 0 Å². The minimum atomic E-state index is -0.186. The SMILES string of the molecule is CN(C)CC#C[C@]12CCCC=C1C1(C)CCC(=O)C(C)(C)C1CC2. The van der Waals surface area contributed by atoms with Crippen LogP contribution in [0.3, 0.4) is 0 Å². The lowest BCUT2D eigenvalue weighted by Gasteiger charge is -2.59. The molecule has 0 saturated heterocycles. The third-order valence-electron chi connectivity index (χ3n) is 7.10. The summed E-state index contributed by atoms with van der Waals surface area (Å²) in [5.41, 5.74) is 1.64. The topological polar surface area (TPSA) is 20.3 Å². The number of fused-ring (bicyclic) bond motifs is 3. The first-order chi connectivity index (χ1) is 11.2. The zero-order chi connectivity index (χ0) is 17.6. The van der Waals surface area contributed by atoms with Crippen LogP contribution >= 0.6 is 0 Å². The number of Topliss-reactive ketones (excluding diaryl/α,β-unsaturated/α-hetero) is 1. The van der Waals surface area contributed by atoms with Gasteiger partial charge in [-0.1, -0.05) is 38.7 Å². The van der Waals surface area contributed by atoms with E-state index in [4.69, 9.17) is 0 Å². The maximum atomic E-state index is 12.5. The minimum Gasteiger partial charge on any atom is -0.299 e. The van der Waals surface area contributed by atoms with Crippen LogP contribution in [0.15, 0.2) is 11.6 Å². The first-order valence-electron chi connectivity index (χ1n) is 9.62. The molecule has 0 bridgehead atoms. The van der Waals surface area contributed by atoms with Crippen molar-refractivity contribution >= 4 is 5.78 Å². The number of hydrogen-bond acceptors (Lipinski definition) is 2. The summed E-state index contributed by atoms with van der Waals surface area (Å²) in [5, 5.41) is 0. The molecule has 0 aliphatic heterocycles. The van der Waals surface area contributed by atoms with Gasteiger partial charge < -0.3 is 0 Å². The normalized spacial score (nSPS) is 37.8. The monoisotopic (exact) mass is 327 g/mol. The van der Waals surface area contributed by atoms with Crippen LogP contribution in [0.25, 0.3) is 0 Å². The molecule has 2 nitrogen and oxygen atoms in total. The van der Waals surface area contributed by atoms with E-state index in [2.05, 4.69) is 57.7 Å². The van der Waals surface area contributed by atoms with Crippen LogP contribution in [0.1, 0.15) is 65.7 Å². The summed E-state index contributed by atoms with van der Waals surface area (Å²) in [6.45, 7) is 7.64. The Labute approximate surface area is 148 Å². The summed E-state index contributed by atoms with van der Waals surface area (Å²) < 4.78 is 0. The zero-order valence-corrected chi connectivity index (χ0v) is 16.2. The van der Waals surface area contributed by atoms with Gasteiger partial charge in [-0.15, -0.1) is 0 Å². The number of carbonyl (C=O) groups excluding carboxylic acids is 1. The summed E-state index contributed by atoms with van der Waals surface area (Å²) in [5.74, 6) is 8.11. The minimum absolute atomic E-state index is 0.0793. The summed E-state index contributed by atoms with van der Waals surface area (Å²) in [6.07, 6.45) is 10.2. The average molecular weight is 328 g/mol. The fourth-order valence-corrected chi connectivity index (χ4v) is 5.83. The van der Waals surface area contributed by atoms with E-state index in [-0.39, 0.29) is 16.2 Å². The Kier molecular flexibility index (Phi) is 4.45. The number of allylic oxidation sites excluding steroid dienone is 2. The smallest absolute Gasteiger partial charge is 0.138 e. The molecule has 2 heteroatoms. The molecule has 24 heavy (non-hydrogen) atoms. The molecular formula is C22H33NO. The van der Waals surface area contributed by atoms with Crippen LogP contribution < -0.4 is 0 Å². The molecule has 0 radical (unpaired) electrons. The highest BCUT2D eigenvalue weighted by Gasteiger charge is 2.59. The molecule has 3 rings (SSSR count). The van der Waals surface area contributed by atoms with Crippen LogP contribution in [-0.2, 0) is 4.79 Å².